The van der Waals surface area contributed by atoms with Gasteiger partial charge in [0.25, 0.3) is 0 Å². The van der Waals surface area contributed by atoms with Crippen LogP contribution in [0.25, 0.3) is 0 Å². The third kappa shape index (κ3) is 3.50. The highest BCUT2D eigenvalue weighted by molar-refractivity contribution is 9.10. The van der Waals surface area contributed by atoms with Crippen LogP contribution >= 0.6 is 28.6 Å². The van der Waals surface area contributed by atoms with Crippen LogP contribution in [-0.2, 0) is 0 Å². The van der Waals surface area contributed by atoms with Crippen molar-refractivity contribution in [2.75, 3.05) is 12.4 Å². The Morgan fingerprint density at radius 2 is 2.13 bits per heavy atom. The topological polar surface area (TPSA) is 9.23 Å². The molecule has 0 aliphatic heterocycles. The Balaban J connectivity index is 2.81. The van der Waals surface area contributed by atoms with E-state index < -0.39 is 11.6 Å². The molecule has 0 amide bonds. The zero-order valence-corrected chi connectivity index (χ0v) is 10.2. The Morgan fingerprint density at radius 3 is 2.73 bits per heavy atom. The summed E-state index contributed by atoms with van der Waals surface area (Å²) in [7, 11) is 0. The number of rotatable bonds is 4. The summed E-state index contributed by atoms with van der Waals surface area (Å²) < 4.78 is 31.6. The molecule has 0 bridgehead atoms. The monoisotopic (exact) mass is 294 g/mol. The molecule has 5 heteroatoms. The molecule has 1 rings (SSSR count). The second-order valence-corrected chi connectivity index (χ2v) is 4.13. The van der Waals surface area contributed by atoms with E-state index >= 15 is 0 Å². The number of thiol groups is 1. The lowest BCUT2D eigenvalue weighted by atomic mass is 10.3. The standard InChI is InChI=1S/C10H9BrF2OS/c1-6(5-15)4-14-9-3-7(11)2-8(12)10(9)13/h2-3,15H,1,4-5H2. The molecule has 0 aliphatic rings. The van der Waals surface area contributed by atoms with Gasteiger partial charge in [0.1, 0.15) is 6.61 Å². The maximum Gasteiger partial charge on any atom is 0.200 e. The Labute approximate surface area is 101 Å². The van der Waals surface area contributed by atoms with Crippen LogP contribution in [0.1, 0.15) is 0 Å². The minimum atomic E-state index is -0.995. The van der Waals surface area contributed by atoms with Gasteiger partial charge in [0, 0.05) is 10.2 Å². The van der Waals surface area contributed by atoms with Gasteiger partial charge < -0.3 is 4.74 Å². The minimum Gasteiger partial charge on any atom is -0.486 e. The van der Waals surface area contributed by atoms with Crippen LogP contribution in [0.5, 0.6) is 5.75 Å². The fraction of sp³-hybridized carbons (Fsp3) is 0.200. The van der Waals surface area contributed by atoms with E-state index in [9.17, 15) is 8.78 Å². The van der Waals surface area contributed by atoms with Crippen LogP contribution < -0.4 is 4.74 Å². The van der Waals surface area contributed by atoms with E-state index in [4.69, 9.17) is 4.74 Å². The molecule has 1 nitrogen and oxygen atoms in total. The summed E-state index contributed by atoms with van der Waals surface area (Å²) in [4.78, 5) is 0. The first-order chi connectivity index (χ1) is 7.04. The molecule has 0 heterocycles. The molecular formula is C10H9BrF2OS. The van der Waals surface area contributed by atoms with Gasteiger partial charge in [-0.3, -0.25) is 0 Å². The highest BCUT2D eigenvalue weighted by Gasteiger charge is 2.11. The Bertz CT molecular complexity index is 382. The van der Waals surface area contributed by atoms with Crippen LogP contribution in [0, 0.1) is 11.6 Å². The molecule has 1 aromatic carbocycles. The molecule has 0 saturated heterocycles. The van der Waals surface area contributed by atoms with Crippen molar-refractivity contribution in [2.45, 2.75) is 0 Å². The normalized spacial score (nSPS) is 10.1. The quantitative estimate of drug-likeness (QED) is 0.507. The van der Waals surface area contributed by atoms with Gasteiger partial charge in [0.2, 0.25) is 5.82 Å². The van der Waals surface area contributed by atoms with Gasteiger partial charge in [0.05, 0.1) is 0 Å². The second kappa shape index (κ2) is 5.51. The fourth-order valence-corrected chi connectivity index (χ4v) is 1.36. The molecular weight excluding hydrogens is 286 g/mol. The van der Waals surface area contributed by atoms with Crippen molar-refractivity contribution in [1.29, 1.82) is 0 Å². The summed E-state index contributed by atoms with van der Waals surface area (Å²) in [6, 6.07) is 2.40. The van der Waals surface area contributed by atoms with Gasteiger partial charge in [-0.15, -0.1) is 0 Å². The van der Waals surface area contributed by atoms with Crippen molar-refractivity contribution in [3.63, 3.8) is 0 Å². The molecule has 0 radical (unpaired) electrons. The van der Waals surface area contributed by atoms with Crippen LogP contribution in [0.2, 0.25) is 0 Å². The van der Waals surface area contributed by atoms with E-state index in [0.29, 0.717) is 15.8 Å². The number of ether oxygens (including phenoxy) is 1. The molecule has 0 aromatic heterocycles. The van der Waals surface area contributed by atoms with Crippen molar-refractivity contribution >= 4 is 28.6 Å². The zero-order chi connectivity index (χ0) is 11.4. The summed E-state index contributed by atoms with van der Waals surface area (Å²) in [5.74, 6) is -1.64. The third-order valence-corrected chi connectivity index (χ3v) is 2.52. The number of hydrogen-bond acceptors (Lipinski definition) is 2. The molecule has 0 spiro atoms. The molecule has 1 aromatic rings. The molecule has 0 unspecified atom stereocenters. The second-order valence-electron chi connectivity index (χ2n) is 2.90. The highest BCUT2D eigenvalue weighted by atomic mass is 79.9. The predicted molar refractivity (Wildman–Crippen MR) is 62.5 cm³/mol. The lowest BCUT2D eigenvalue weighted by molar-refractivity contribution is 0.324. The van der Waals surface area contributed by atoms with Gasteiger partial charge in [-0.05, 0) is 17.7 Å². The first kappa shape index (κ1) is 12.5. The summed E-state index contributed by atoms with van der Waals surface area (Å²) in [5.41, 5.74) is 0.693. The SMILES string of the molecule is C=C(CS)COc1cc(Br)cc(F)c1F. The van der Waals surface area contributed by atoms with E-state index in [1.54, 1.807) is 0 Å². The predicted octanol–water partition coefficient (Wildman–Crippen LogP) is 3.59. The maximum atomic E-state index is 13.2. The Morgan fingerprint density at radius 1 is 1.47 bits per heavy atom. The number of halogens is 3. The largest absolute Gasteiger partial charge is 0.486 e. The van der Waals surface area contributed by atoms with Crippen LogP contribution in [0.15, 0.2) is 28.8 Å². The Hall–Kier alpha value is -0.550. The third-order valence-electron chi connectivity index (χ3n) is 1.62. The van der Waals surface area contributed by atoms with Crippen molar-refractivity contribution in [1.82, 2.24) is 0 Å². The van der Waals surface area contributed by atoms with Crippen LogP contribution in [-0.4, -0.2) is 12.4 Å². The van der Waals surface area contributed by atoms with E-state index in [1.807, 2.05) is 0 Å². The fourth-order valence-electron chi connectivity index (χ4n) is 0.863. The highest BCUT2D eigenvalue weighted by Crippen LogP contribution is 2.25. The summed E-state index contributed by atoms with van der Waals surface area (Å²) >= 11 is 7.02. The van der Waals surface area contributed by atoms with Crippen molar-refractivity contribution in [3.8, 4) is 5.75 Å². The maximum absolute atomic E-state index is 13.2. The summed E-state index contributed by atoms with van der Waals surface area (Å²) in [5, 5.41) is 0. The molecule has 0 atom stereocenters. The van der Waals surface area contributed by atoms with Crippen molar-refractivity contribution < 1.29 is 13.5 Å². The lowest BCUT2D eigenvalue weighted by Crippen LogP contribution is -2.03. The van der Waals surface area contributed by atoms with Gasteiger partial charge in [-0.1, -0.05) is 22.5 Å². The number of benzene rings is 1. The number of hydrogen-bond donors (Lipinski definition) is 1. The lowest BCUT2D eigenvalue weighted by Gasteiger charge is -2.08. The first-order valence-corrected chi connectivity index (χ1v) is 5.52. The van der Waals surface area contributed by atoms with E-state index in [1.165, 1.54) is 6.07 Å². The Kier molecular flexibility index (Phi) is 4.60. The van der Waals surface area contributed by atoms with Gasteiger partial charge in [-0.2, -0.15) is 17.0 Å². The molecule has 82 valence electrons. The van der Waals surface area contributed by atoms with Gasteiger partial charge in [-0.25, -0.2) is 4.39 Å². The zero-order valence-electron chi connectivity index (χ0n) is 7.77. The summed E-state index contributed by atoms with van der Waals surface area (Å²) in [6.45, 7) is 3.75. The van der Waals surface area contributed by atoms with E-state index in [2.05, 4.69) is 35.1 Å². The van der Waals surface area contributed by atoms with Gasteiger partial charge in [0.15, 0.2) is 11.6 Å². The van der Waals surface area contributed by atoms with Crippen molar-refractivity contribution in [2.24, 2.45) is 0 Å². The molecule has 0 fully saturated rings. The molecule has 15 heavy (non-hydrogen) atoms. The molecule has 0 N–H and O–H groups in total. The first-order valence-electron chi connectivity index (χ1n) is 4.09. The smallest absolute Gasteiger partial charge is 0.200 e. The van der Waals surface area contributed by atoms with E-state index in [0.717, 1.165) is 6.07 Å². The van der Waals surface area contributed by atoms with Crippen LogP contribution in [0.4, 0.5) is 8.78 Å². The van der Waals surface area contributed by atoms with Crippen molar-refractivity contribution in [3.05, 3.63) is 40.4 Å². The summed E-state index contributed by atoms with van der Waals surface area (Å²) in [6.07, 6.45) is 0. The van der Waals surface area contributed by atoms with Crippen LogP contribution in [0.3, 0.4) is 0 Å². The average molecular weight is 295 g/mol. The van der Waals surface area contributed by atoms with Gasteiger partial charge >= 0.3 is 0 Å². The average Bonchev–Trinajstić information content (AvgIpc) is 2.20. The van der Waals surface area contributed by atoms with E-state index in [-0.39, 0.29) is 12.4 Å². The molecule has 0 saturated carbocycles. The minimum absolute atomic E-state index is 0.121. The molecule has 0 aliphatic carbocycles.